The third-order valence-corrected chi connectivity index (χ3v) is 4.04. The molecule has 0 spiro atoms. The minimum Gasteiger partial charge on any atom is -0.377 e. The van der Waals surface area contributed by atoms with Crippen LogP contribution in [0.25, 0.3) is 0 Å². The van der Waals surface area contributed by atoms with E-state index in [0.29, 0.717) is 13.2 Å². The lowest BCUT2D eigenvalue weighted by Gasteiger charge is -2.42. The molecule has 19 heavy (non-hydrogen) atoms. The first-order valence-corrected chi connectivity index (χ1v) is 6.74. The lowest BCUT2D eigenvalue weighted by Crippen LogP contribution is -2.65. The predicted molar refractivity (Wildman–Crippen MR) is 70.7 cm³/mol. The lowest BCUT2D eigenvalue weighted by atomic mass is 9.85. The Balaban J connectivity index is 1.78. The fraction of sp³-hybridized carbons (Fsp3) is 0.571. The molecule has 5 heteroatoms. The van der Waals surface area contributed by atoms with Crippen LogP contribution in [0.4, 0.5) is 0 Å². The van der Waals surface area contributed by atoms with Crippen LogP contribution in [0.3, 0.4) is 0 Å². The van der Waals surface area contributed by atoms with Crippen molar-refractivity contribution in [1.82, 2.24) is 5.32 Å². The van der Waals surface area contributed by atoms with Crippen LogP contribution in [-0.2, 0) is 11.2 Å². The highest BCUT2D eigenvalue weighted by Crippen LogP contribution is 2.32. The van der Waals surface area contributed by atoms with Crippen LogP contribution in [0, 0.1) is 10.1 Å². The zero-order chi connectivity index (χ0) is 13.3. The summed E-state index contributed by atoms with van der Waals surface area (Å²) < 4.78 is 5.20. The van der Waals surface area contributed by atoms with Gasteiger partial charge in [-0.3, -0.25) is 15.4 Å². The highest BCUT2D eigenvalue weighted by molar-refractivity contribution is 5.32. The molecule has 0 amide bonds. The summed E-state index contributed by atoms with van der Waals surface area (Å²) >= 11 is 0. The van der Waals surface area contributed by atoms with Crippen molar-refractivity contribution in [3.8, 4) is 0 Å². The molecule has 1 heterocycles. The number of fused-ring (bicyclic) bond motifs is 1. The summed E-state index contributed by atoms with van der Waals surface area (Å²) in [5, 5.41) is 14.3. The third kappa shape index (κ3) is 2.48. The normalized spacial score (nSPS) is 24.3. The monoisotopic (exact) mass is 262 g/mol. The molecule has 1 unspecified atom stereocenters. The Bertz CT molecular complexity index is 485. The van der Waals surface area contributed by atoms with E-state index >= 15 is 0 Å². The van der Waals surface area contributed by atoms with Crippen molar-refractivity contribution in [2.24, 2.45) is 0 Å². The van der Waals surface area contributed by atoms with E-state index in [0.717, 1.165) is 19.3 Å². The summed E-state index contributed by atoms with van der Waals surface area (Å²) in [6.07, 6.45) is 3.27. The molecule has 0 saturated carbocycles. The van der Waals surface area contributed by atoms with Gasteiger partial charge in [0.15, 0.2) is 0 Å². The number of ether oxygens (including phenoxy) is 1. The quantitative estimate of drug-likeness (QED) is 0.662. The number of rotatable bonds is 4. The number of nitrogens with zero attached hydrogens (tertiary/aromatic N) is 1. The summed E-state index contributed by atoms with van der Waals surface area (Å²) in [6.45, 7) is 0.810. The Hall–Kier alpha value is -1.46. The van der Waals surface area contributed by atoms with Crippen molar-refractivity contribution >= 4 is 0 Å². The van der Waals surface area contributed by atoms with Crippen LogP contribution in [0.1, 0.15) is 30.0 Å². The maximum Gasteiger partial charge on any atom is 0.226 e. The fourth-order valence-corrected chi connectivity index (χ4v) is 3.09. The molecule has 0 bridgehead atoms. The number of hydrogen-bond donors (Lipinski definition) is 1. The molecule has 1 fully saturated rings. The zero-order valence-electron chi connectivity index (χ0n) is 10.8. The zero-order valence-corrected chi connectivity index (χ0v) is 10.8. The molecule has 2 aliphatic rings. The molecule has 1 atom stereocenters. The lowest BCUT2D eigenvalue weighted by molar-refractivity contribution is -0.499. The molecule has 3 rings (SSSR count). The summed E-state index contributed by atoms with van der Waals surface area (Å²) in [4.78, 5) is 10.6. The van der Waals surface area contributed by atoms with Gasteiger partial charge in [-0.2, -0.15) is 0 Å². The first-order chi connectivity index (χ1) is 9.19. The molecule has 1 aromatic rings. The van der Waals surface area contributed by atoms with Gasteiger partial charge in [0.1, 0.15) is 5.54 Å². The summed E-state index contributed by atoms with van der Waals surface area (Å²) in [5.74, 6) is 0. The molecule has 1 aliphatic carbocycles. The third-order valence-electron chi connectivity index (χ3n) is 4.04. The number of benzene rings is 1. The summed E-state index contributed by atoms with van der Waals surface area (Å²) in [6, 6.07) is 8.59. The van der Waals surface area contributed by atoms with Crippen molar-refractivity contribution in [3.05, 3.63) is 45.5 Å². The summed E-state index contributed by atoms with van der Waals surface area (Å²) in [5.41, 5.74) is 2.18. The van der Waals surface area contributed by atoms with Crippen LogP contribution in [0.15, 0.2) is 24.3 Å². The average molecular weight is 262 g/mol. The van der Waals surface area contributed by atoms with Gasteiger partial charge in [0.05, 0.1) is 13.2 Å². The number of nitro groups is 1. The Kier molecular flexibility index (Phi) is 3.24. The molecule has 1 aliphatic heterocycles. The van der Waals surface area contributed by atoms with Gasteiger partial charge >= 0.3 is 0 Å². The summed E-state index contributed by atoms with van der Waals surface area (Å²) in [7, 11) is 0. The molecule has 102 valence electrons. The van der Waals surface area contributed by atoms with Crippen LogP contribution < -0.4 is 5.32 Å². The molecule has 1 aromatic carbocycles. The van der Waals surface area contributed by atoms with Gasteiger partial charge in [0.25, 0.3) is 0 Å². The van der Waals surface area contributed by atoms with E-state index < -0.39 is 5.54 Å². The van der Waals surface area contributed by atoms with Crippen molar-refractivity contribution in [2.45, 2.75) is 30.8 Å². The first-order valence-electron chi connectivity index (χ1n) is 6.74. The molecule has 1 saturated heterocycles. The van der Waals surface area contributed by atoms with Crippen molar-refractivity contribution < 1.29 is 9.66 Å². The van der Waals surface area contributed by atoms with Gasteiger partial charge in [-0.05, 0) is 30.4 Å². The van der Waals surface area contributed by atoms with Gasteiger partial charge in [0.2, 0.25) is 6.54 Å². The number of nitrogens with one attached hydrogen (secondary N) is 1. The topological polar surface area (TPSA) is 64.4 Å². The van der Waals surface area contributed by atoms with E-state index in [-0.39, 0.29) is 17.5 Å². The minimum absolute atomic E-state index is 0.0638. The van der Waals surface area contributed by atoms with Gasteiger partial charge in [-0.25, -0.2) is 0 Å². The molecule has 1 N–H and O–H groups in total. The van der Waals surface area contributed by atoms with Crippen molar-refractivity contribution in [3.63, 3.8) is 0 Å². The number of hydrogen-bond acceptors (Lipinski definition) is 4. The molecule has 0 aromatic heterocycles. The maximum atomic E-state index is 10.8. The van der Waals surface area contributed by atoms with Crippen LogP contribution >= 0.6 is 0 Å². The Morgan fingerprint density at radius 1 is 1.42 bits per heavy atom. The van der Waals surface area contributed by atoms with Gasteiger partial charge in [0, 0.05) is 11.0 Å². The highest BCUT2D eigenvalue weighted by atomic mass is 16.6. The van der Waals surface area contributed by atoms with E-state index in [9.17, 15) is 10.1 Å². The second-order valence-electron chi connectivity index (χ2n) is 5.55. The minimum atomic E-state index is -0.474. The molecule has 0 radical (unpaired) electrons. The SMILES string of the molecule is O=[N+]([O-])CC1(NC2CCCc3ccccc32)COC1. The Labute approximate surface area is 112 Å². The van der Waals surface area contributed by atoms with Crippen LogP contribution in [0.2, 0.25) is 0 Å². The Morgan fingerprint density at radius 3 is 2.89 bits per heavy atom. The smallest absolute Gasteiger partial charge is 0.226 e. The number of aryl methyl sites for hydroxylation is 1. The predicted octanol–water partition coefficient (Wildman–Crippen LogP) is 1.70. The molecule has 5 nitrogen and oxygen atoms in total. The van der Waals surface area contributed by atoms with Gasteiger partial charge in [-0.15, -0.1) is 0 Å². The molecular formula is C14H18N2O3. The Morgan fingerprint density at radius 2 is 2.21 bits per heavy atom. The average Bonchev–Trinajstić information content (AvgIpc) is 2.36. The second-order valence-corrected chi connectivity index (χ2v) is 5.55. The second kappa shape index (κ2) is 4.90. The van der Waals surface area contributed by atoms with E-state index in [4.69, 9.17) is 4.74 Å². The fourth-order valence-electron chi connectivity index (χ4n) is 3.09. The van der Waals surface area contributed by atoms with Crippen molar-refractivity contribution in [2.75, 3.05) is 19.8 Å². The van der Waals surface area contributed by atoms with Crippen molar-refractivity contribution in [1.29, 1.82) is 0 Å². The standard InChI is InChI=1S/C14H18N2O3/c17-16(18)8-14(9-19-10-14)15-13-7-3-5-11-4-1-2-6-12(11)13/h1-2,4,6,13,15H,3,5,7-10H2. The van der Waals surface area contributed by atoms with Crippen LogP contribution in [-0.4, -0.2) is 30.2 Å². The van der Waals surface area contributed by atoms with E-state index in [1.165, 1.54) is 11.1 Å². The van der Waals surface area contributed by atoms with E-state index in [1.807, 2.05) is 6.07 Å². The van der Waals surface area contributed by atoms with Gasteiger partial charge in [-0.1, -0.05) is 24.3 Å². The first kappa shape index (κ1) is 12.6. The maximum absolute atomic E-state index is 10.8. The molecular weight excluding hydrogens is 244 g/mol. The largest absolute Gasteiger partial charge is 0.377 e. The van der Waals surface area contributed by atoms with Gasteiger partial charge < -0.3 is 4.74 Å². The van der Waals surface area contributed by atoms with E-state index in [1.54, 1.807) is 0 Å². The van der Waals surface area contributed by atoms with E-state index in [2.05, 4.69) is 23.5 Å². The highest BCUT2D eigenvalue weighted by Gasteiger charge is 2.45. The van der Waals surface area contributed by atoms with Crippen LogP contribution in [0.5, 0.6) is 0 Å².